The summed E-state index contributed by atoms with van der Waals surface area (Å²) >= 11 is 0. The molecule has 4 heteroatoms. The molecule has 0 aliphatic heterocycles. The van der Waals surface area contributed by atoms with Crippen LogP contribution >= 0.6 is 0 Å². The molecule has 0 saturated heterocycles. The molecule has 0 aromatic heterocycles. The van der Waals surface area contributed by atoms with E-state index in [0.29, 0.717) is 5.69 Å². The van der Waals surface area contributed by atoms with E-state index in [0.717, 1.165) is 12.2 Å². The van der Waals surface area contributed by atoms with Crippen molar-refractivity contribution in [1.82, 2.24) is 0 Å². The van der Waals surface area contributed by atoms with Crippen LogP contribution in [-0.2, 0) is 0 Å². The number of ether oxygens (including phenoxy) is 1. The molecular weight excluding hydrogens is 207 g/mol. The summed E-state index contributed by atoms with van der Waals surface area (Å²) in [5.41, 5.74) is 6.98. The van der Waals surface area contributed by atoms with Crippen LogP contribution in [0, 0.1) is 5.82 Å². The van der Waals surface area contributed by atoms with Gasteiger partial charge in [0, 0.05) is 25.7 Å². The van der Waals surface area contributed by atoms with Gasteiger partial charge in [0.15, 0.2) is 11.6 Å². The van der Waals surface area contributed by atoms with Crippen LogP contribution < -0.4 is 15.4 Å². The maximum Gasteiger partial charge on any atom is 0.167 e. The van der Waals surface area contributed by atoms with Gasteiger partial charge in [-0.2, -0.15) is 0 Å². The summed E-state index contributed by atoms with van der Waals surface area (Å²) in [6.45, 7) is 6.53. The SMILES string of the molecule is CCN(C)c1cc(OC(C)C)c(F)cc1N. The van der Waals surface area contributed by atoms with Crippen molar-refractivity contribution in [1.29, 1.82) is 0 Å². The number of rotatable bonds is 4. The van der Waals surface area contributed by atoms with E-state index in [4.69, 9.17) is 10.5 Å². The molecule has 0 aliphatic rings. The number of halogens is 1. The standard InChI is InChI=1S/C12H19FN2O/c1-5-15(4)11-7-12(16-8(2)3)9(13)6-10(11)14/h6-8H,5,14H2,1-4H3. The zero-order chi connectivity index (χ0) is 12.3. The lowest BCUT2D eigenvalue weighted by molar-refractivity contribution is 0.231. The second kappa shape index (κ2) is 5.05. The normalized spacial score (nSPS) is 10.6. The molecular formula is C12H19FN2O. The number of hydrogen-bond donors (Lipinski definition) is 1. The van der Waals surface area contributed by atoms with Crippen molar-refractivity contribution >= 4 is 11.4 Å². The van der Waals surface area contributed by atoms with E-state index < -0.39 is 5.82 Å². The molecule has 0 spiro atoms. The molecule has 1 aromatic rings. The third kappa shape index (κ3) is 2.78. The lowest BCUT2D eigenvalue weighted by Gasteiger charge is -2.21. The van der Waals surface area contributed by atoms with Crippen LogP contribution in [-0.4, -0.2) is 19.7 Å². The Bertz CT molecular complexity index is 366. The maximum absolute atomic E-state index is 13.5. The molecule has 1 aromatic carbocycles. The summed E-state index contributed by atoms with van der Waals surface area (Å²) in [5.74, 6) is -0.168. The number of anilines is 2. The van der Waals surface area contributed by atoms with Gasteiger partial charge in [-0.15, -0.1) is 0 Å². The highest BCUT2D eigenvalue weighted by Crippen LogP contribution is 2.30. The van der Waals surface area contributed by atoms with Crippen molar-refractivity contribution in [2.45, 2.75) is 26.9 Å². The van der Waals surface area contributed by atoms with Crippen molar-refractivity contribution in [3.8, 4) is 5.75 Å². The topological polar surface area (TPSA) is 38.5 Å². The molecule has 0 aliphatic carbocycles. The van der Waals surface area contributed by atoms with E-state index >= 15 is 0 Å². The smallest absolute Gasteiger partial charge is 0.167 e. The molecule has 0 radical (unpaired) electrons. The predicted octanol–water partition coefficient (Wildman–Crippen LogP) is 2.65. The molecule has 0 unspecified atom stereocenters. The number of benzene rings is 1. The molecule has 0 fully saturated rings. The molecule has 0 amide bonds. The second-order valence-electron chi connectivity index (χ2n) is 4.02. The Balaban J connectivity index is 3.11. The lowest BCUT2D eigenvalue weighted by atomic mass is 10.2. The zero-order valence-corrected chi connectivity index (χ0v) is 10.2. The van der Waals surface area contributed by atoms with E-state index in [1.54, 1.807) is 6.07 Å². The maximum atomic E-state index is 13.5. The summed E-state index contributed by atoms with van der Waals surface area (Å²) < 4.78 is 18.9. The zero-order valence-electron chi connectivity index (χ0n) is 10.2. The van der Waals surface area contributed by atoms with Crippen molar-refractivity contribution in [2.24, 2.45) is 0 Å². The monoisotopic (exact) mass is 226 g/mol. The van der Waals surface area contributed by atoms with Crippen molar-refractivity contribution < 1.29 is 9.13 Å². The summed E-state index contributed by atoms with van der Waals surface area (Å²) in [6, 6.07) is 2.95. The van der Waals surface area contributed by atoms with E-state index in [-0.39, 0.29) is 11.9 Å². The minimum absolute atomic E-state index is 0.0575. The van der Waals surface area contributed by atoms with E-state index in [9.17, 15) is 4.39 Å². The van der Waals surface area contributed by atoms with E-state index in [1.807, 2.05) is 32.7 Å². The van der Waals surface area contributed by atoms with Crippen LogP contribution in [0.2, 0.25) is 0 Å². The van der Waals surface area contributed by atoms with Gasteiger partial charge in [0.2, 0.25) is 0 Å². The number of nitrogen functional groups attached to an aromatic ring is 1. The van der Waals surface area contributed by atoms with Gasteiger partial charge in [0.05, 0.1) is 17.5 Å². The number of nitrogens with two attached hydrogens (primary N) is 1. The van der Waals surface area contributed by atoms with Gasteiger partial charge in [0.25, 0.3) is 0 Å². The van der Waals surface area contributed by atoms with Crippen LogP contribution in [0.4, 0.5) is 15.8 Å². The fourth-order valence-electron chi connectivity index (χ4n) is 1.40. The van der Waals surface area contributed by atoms with E-state index in [2.05, 4.69) is 0 Å². The fourth-order valence-corrected chi connectivity index (χ4v) is 1.40. The highest BCUT2D eigenvalue weighted by molar-refractivity contribution is 5.69. The van der Waals surface area contributed by atoms with Crippen molar-refractivity contribution in [3.63, 3.8) is 0 Å². The summed E-state index contributed by atoms with van der Waals surface area (Å²) in [6.07, 6.45) is -0.0575. The van der Waals surface area contributed by atoms with Crippen LogP contribution in [0.1, 0.15) is 20.8 Å². The summed E-state index contributed by atoms with van der Waals surface area (Å²) in [5, 5.41) is 0. The van der Waals surface area contributed by atoms with Crippen LogP contribution in [0.15, 0.2) is 12.1 Å². The molecule has 0 atom stereocenters. The largest absolute Gasteiger partial charge is 0.488 e. The molecule has 0 bridgehead atoms. The van der Waals surface area contributed by atoms with Gasteiger partial charge in [-0.05, 0) is 20.8 Å². The van der Waals surface area contributed by atoms with Gasteiger partial charge in [-0.1, -0.05) is 0 Å². The van der Waals surface area contributed by atoms with Gasteiger partial charge in [-0.25, -0.2) is 4.39 Å². The third-order valence-corrected chi connectivity index (χ3v) is 2.33. The Morgan fingerprint density at radius 2 is 2.06 bits per heavy atom. The third-order valence-electron chi connectivity index (χ3n) is 2.33. The Hall–Kier alpha value is -1.45. The molecule has 16 heavy (non-hydrogen) atoms. The summed E-state index contributed by atoms with van der Waals surface area (Å²) in [7, 11) is 1.91. The molecule has 0 saturated carbocycles. The van der Waals surface area contributed by atoms with E-state index in [1.165, 1.54) is 6.07 Å². The van der Waals surface area contributed by atoms with Crippen LogP contribution in [0.25, 0.3) is 0 Å². The van der Waals surface area contributed by atoms with Gasteiger partial charge in [-0.3, -0.25) is 0 Å². The lowest BCUT2D eigenvalue weighted by Crippen LogP contribution is -2.18. The highest BCUT2D eigenvalue weighted by atomic mass is 19.1. The first-order chi connectivity index (χ1) is 7.45. The minimum atomic E-state index is -0.417. The Kier molecular flexibility index (Phi) is 3.99. The van der Waals surface area contributed by atoms with Crippen molar-refractivity contribution in [3.05, 3.63) is 17.9 Å². The molecule has 0 heterocycles. The highest BCUT2D eigenvalue weighted by Gasteiger charge is 2.12. The molecule has 2 N–H and O–H groups in total. The van der Waals surface area contributed by atoms with Gasteiger partial charge >= 0.3 is 0 Å². The quantitative estimate of drug-likeness (QED) is 0.802. The Morgan fingerprint density at radius 1 is 1.44 bits per heavy atom. The summed E-state index contributed by atoms with van der Waals surface area (Å²) in [4.78, 5) is 1.95. The minimum Gasteiger partial charge on any atom is -0.488 e. The van der Waals surface area contributed by atoms with Gasteiger partial charge < -0.3 is 15.4 Å². The van der Waals surface area contributed by atoms with Crippen LogP contribution in [0.5, 0.6) is 5.75 Å². The average Bonchev–Trinajstić information content (AvgIpc) is 2.20. The number of hydrogen-bond acceptors (Lipinski definition) is 3. The molecule has 3 nitrogen and oxygen atoms in total. The first-order valence-corrected chi connectivity index (χ1v) is 5.42. The van der Waals surface area contributed by atoms with Gasteiger partial charge in [0.1, 0.15) is 0 Å². The van der Waals surface area contributed by atoms with Crippen LogP contribution in [0.3, 0.4) is 0 Å². The molecule has 90 valence electrons. The Labute approximate surface area is 96.0 Å². The second-order valence-corrected chi connectivity index (χ2v) is 4.02. The first kappa shape index (κ1) is 12.6. The number of nitrogens with zero attached hydrogens (tertiary/aromatic N) is 1. The predicted molar refractivity (Wildman–Crippen MR) is 65.5 cm³/mol. The first-order valence-electron chi connectivity index (χ1n) is 5.42. The van der Waals surface area contributed by atoms with Crippen molar-refractivity contribution in [2.75, 3.05) is 24.2 Å². The average molecular weight is 226 g/mol. The fraction of sp³-hybridized carbons (Fsp3) is 0.500. The Morgan fingerprint density at radius 3 is 2.56 bits per heavy atom. The molecule has 1 rings (SSSR count).